The number of nitrogens with one attached hydrogen (secondary N) is 1. The lowest BCUT2D eigenvalue weighted by molar-refractivity contribution is 0.0206. The van der Waals surface area contributed by atoms with Gasteiger partial charge in [0.15, 0.2) is 11.5 Å². The zero-order valence-corrected chi connectivity index (χ0v) is 23.7. The topological polar surface area (TPSA) is 113 Å². The summed E-state index contributed by atoms with van der Waals surface area (Å²) in [5.41, 5.74) is 1.95. The van der Waals surface area contributed by atoms with E-state index >= 15 is 0 Å². The third-order valence-electron chi connectivity index (χ3n) is 6.94. The van der Waals surface area contributed by atoms with Gasteiger partial charge in [-0.05, 0) is 70.0 Å². The molecule has 11 heteroatoms. The summed E-state index contributed by atoms with van der Waals surface area (Å²) < 4.78 is 24.7. The van der Waals surface area contributed by atoms with Crippen LogP contribution in [0, 0.1) is 0 Å². The third-order valence-corrected chi connectivity index (χ3v) is 6.94. The molecule has 6 rings (SSSR count). The van der Waals surface area contributed by atoms with E-state index in [0.717, 1.165) is 29.4 Å². The van der Waals surface area contributed by atoms with E-state index in [4.69, 9.17) is 28.9 Å². The molecule has 1 atom stereocenters. The van der Waals surface area contributed by atoms with Crippen LogP contribution in [0.1, 0.15) is 33.6 Å². The molecule has 0 radical (unpaired) electrons. The Bertz CT molecular complexity index is 1580. The quantitative estimate of drug-likeness (QED) is 0.359. The van der Waals surface area contributed by atoms with Gasteiger partial charge in [-0.15, -0.1) is 0 Å². The van der Waals surface area contributed by atoms with E-state index in [1.54, 1.807) is 18.2 Å². The van der Waals surface area contributed by atoms with Crippen molar-refractivity contribution in [2.75, 3.05) is 38.7 Å². The number of nitrogens with zero attached hydrogens (tertiary/aromatic N) is 5. The molecule has 214 valence electrons. The molecule has 2 aliphatic heterocycles. The number of carbonyl (C=O) groups is 1. The van der Waals surface area contributed by atoms with Crippen LogP contribution in [-0.2, 0) is 4.74 Å². The van der Waals surface area contributed by atoms with Crippen molar-refractivity contribution >= 4 is 23.1 Å². The number of aromatic nitrogens is 4. The Hall–Kier alpha value is -4.54. The van der Waals surface area contributed by atoms with Gasteiger partial charge in [-0.1, -0.05) is 0 Å². The zero-order valence-electron chi connectivity index (χ0n) is 23.7. The normalized spacial score (nSPS) is 16.9. The number of piperidine rings is 1. The maximum absolute atomic E-state index is 12.7. The van der Waals surface area contributed by atoms with Crippen molar-refractivity contribution in [2.24, 2.45) is 0 Å². The third kappa shape index (κ3) is 5.70. The average molecular weight is 559 g/mol. The molecule has 11 nitrogen and oxygen atoms in total. The lowest BCUT2D eigenvalue weighted by Gasteiger charge is -2.34. The minimum absolute atomic E-state index is 0.0107. The SMILES string of the molecule is COc1ccc2nc(-c3ccc4c(c3)OCCO4)n(-c3ccnc(N[C@H]4CCCN(C(=O)OC(C)(C)C)C4)n3)c2c1. The summed E-state index contributed by atoms with van der Waals surface area (Å²) in [6.07, 6.45) is 3.16. The Kier molecular flexibility index (Phi) is 7.02. The highest BCUT2D eigenvalue weighted by atomic mass is 16.6. The number of rotatable bonds is 5. The summed E-state index contributed by atoms with van der Waals surface area (Å²) >= 11 is 0. The first-order valence-electron chi connectivity index (χ1n) is 13.8. The zero-order chi connectivity index (χ0) is 28.6. The van der Waals surface area contributed by atoms with Crippen LogP contribution >= 0.6 is 0 Å². The maximum Gasteiger partial charge on any atom is 0.410 e. The number of hydrogen-bond donors (Lipinski definition) is 1. The second kappa shape index (κ2) is 10.8. The van der Waals surface area contributed by atoms with E-state index in [0.29, 0.717) is 61.1 Å². The number of ether oxygens (including phenoxy) is 4. The monoisotopic (exact) mass is 558 g/mol. The minimum Gasteiger partial charge on any atom is -0.497 e. The fourth-order valence-electron chi connectivity index (χ4n) is 5.10. The number of fused-ring (bicyclic) bond motifs is 2. The summed E-state index contributed by atoms with van der Waals surface area (Å²) in [7, 11) is 1.64. The van der Waals surface area contributed by atoms with E-state index in [1.807, 2.05) is 67.8 Å². The lowest BCUT2D eigenvalue weighted by atomic mass is 10.1. The van der Waals surface area contributed by atoms with Crippen molar-refractivity contribution in [2.45, 2.75) is 45.3 Å². The number of amides is 1. The predicted molar refractivity (Wildman–Crippen MR) is 154 cm³/mol. The van der Waals surface area contributed by atoms with Crippen LogP contribution in [0.2, 0.25) is 0 Å². The molecule has 1 N–H and O–H groups in total. The molecule has 1 fully saturated rings. The Labute approximate surface area is 238 Å². The van der Waals surface area contributed by atoms with Gasteiger partial charge >= 0.3 is 6.09 Å². The van der Waals surface area contributed by atoms with Gasteiger partial charge in [0.25, 0.3) is 0 Å². The molecule has 0 bridgehead atoms. The molecule has 2 aromatic heterocycles. The van der Waals surface area contributed by atoms with Crippen molar-refractivity contribution in [3.05, 3.63) is 48.7 Å². The Morgan fingerprint density at radius 1 is 1.05 bits per heavy atom. The molecule has 0 aliphatic carbocycles. The van der Waals surface area contributed by atoms with E-state index in [2.05, 4.69) is 10.3 Å². The van der Waals surface area contributed by atoms with Crippen molar-refractivity contribution in [1.29, 1.82) is 0 Å². The number of likely N-dealkylation sites (tertiary alicyclic amines) is 1. The maximum atomic E-state index is 12.7. The summed E-state index contributed by atoms with van der Waals surface area (Å²) in [6.45, 7) is 7.82. The molecule has 41 heavy (non-hydrogen) atoms. The molecule has 2 aromatic carbocycles. The predicted octanol–water partition coefficient (Wildman–Crippen LogP) is 5.07. The molecule has 2 aliphatic rings. The number of hydrogen-bond acceptors (Lipinski definition) is 9. The second-order valence-corrected chi connectivity index (χ2v) is 11.1. The molecular weight excluding hydrogens is 524 g/mol. The first-order chi connectivity index (χ1) is 19.8. The standard InChI is InChI=1S/C30H34N6O5/c1-30(2,3)41-29(37)35-13-5-6-20(18-35)32-28-31-12-11-26(34-28)36-23-17-21(38-4)8-9-22(23)33-27(36)19-7-10-24-25(16-19)40-15-14-39-24/h7-12,16-17,20H,5-6,13-15,18H2,1-4H3,(H,31,32,34)/t20-/m0/s1. The summed E-state index contributed by atoms with van der Waals surface area (Å²) in [5.74, 6) is 3.92. The summed E-state index contributed by atoms with van der Waals surface area (Å²) in [4.78, 5) is 28.8. The highest BCUT2D eigenvalue weighted by Gasteiger charge is 2.28. The van der Waals surface area contributed by atoms with E-state index in [9.17, 15) is 4.79 Å². The van der Waals surface area contributed by atoms with Crippen molar-refractivity contribution in [3.8, 4) is 34.5 Å². The van der Waals surface area contributed by atoms with Crippen molar-refractivity contribution in [3.63, 3.8) is 0 Å². The molecular formula is C30H34N6O5. The number of methoxy groups -OCH3 is 1. The molecule has 0 saturated carbocycles. The second-order valence-electron chi connectivity index (χ2n) is 11.1. The first-order valence-corrected chi connectivity index (χ1v) is 13.8. The number of carbonyl (C=O) groups excluding carboxylic acids is 1. The number of benzene rings is 2. The molecule has 1 amide bonds. The summed E-state index contributed by atoms with van der Waals surface area (Å²) in [6, 6.07) is 13.4. The highest BCUT2D eigenvalue weighted by molar-refractivity contribution is 5.84. The van der Waals surface area contributed by atoms with Crippen molar-refractivity contribution in [1.82, 2.24) is 24.4 Å². The van der Waals surface area contributed by atoms with Crippen LogP contribution < -0.4 is 19.5 Å². The lowest BCUT2D eigenvalue weighted by Crippen LogP contribution is -2.47. The molecule has 0 spiro atoms. The Morgan fingerprint density at radius 2 is 1.88 bits per heavy atom. The van der Waals surface area contributed by atoms with Gasteiger partial charge in [0.2, 0.25) is 5.95 Å². The van der Waals surface area contributed by atoms with E-state index < -0.39 is 5.60 Å². The van der Waals surface area contributed by atoms with Gasteiger partial charge in [0.1, 0.15) is 36.2 Å². The van der Waals surface area contributed by atoms with Crippen molar-refractivity contribution < 1.29 is 23.7 Å². The van der Waals surface area contributed by atoms with Gasteiger partial charge < -0.3 is 29.2 Å². The number of imidazole rings is 1. The molecule has 4 aromatic rings. The molecule has 0 unspecified atom stereocenters. The van der Waals surface area contributed by atoms with Crippen LogP contribution in [0.5, 0.6) is 17.2 Å². The largest absolute Gasteiger partial charge is 0.497 e. The van der Waals surface area contributed by atoms with E-state index in [1.165, 1.54) is 0 Å². The van der Waals surface area contributed by atoms with Gasteiger partial charge in [-0.2, -0.15) is 4.98 Å². The first kappa shape index (κ1) is 26.7. The summed E-state index contributed by atoms with van der Waals surface area (Å²) in [5, 5.41) is 3.44. The van der Waals surface area contributed by atoms with Crippen LogP contribution in [0.25, 0.3) is 28.2 Å². The van der Waals surface area contributed by atoms with Crippen LogP contribution in [0.3, 0.4) is 0 Å². The van der Waals surface area contributed by atoms with E-state index in [-0.39, 0.29) is 12.1 Å². The van der Waals surface area contributed by atoms with Crippen LogP contribution in [-0.4, -0.2) is 75.6 Å². The van der Waals surface area contributed by atoms with Crippen LogP contribution in [0.4, 0.5) is 10.7 Å². The Balaban J connectivity index is 1.33. The molecule has 4 heterocycles. The van der Waals surface area contributed by atoms with Gasteiger partial charge in [-0.3, -0.25) is 4.57 Å². The highest BCUT2D eigenvalue weighted by Crippen LogP contribution is 2.37. The van der Waals surface area contributed by atoms with Gasteiger partial charge in [0.05, 0.1) is 18.1 Å². The average Bonchev–Trinajstić information content (AvgIpc) is 3.35. The fraction of sp³-hybridized carbons (Fsp3) is 0.400. The number of anilines is 1. The minimum atomic E-state index is -0.542. The van der Waals surface area contributed by atoms with Gasteiger partial charge in [0, 0.05) is 37.0 Å². The fourth-order valence-corrected chi connectivity index (χ4v) is 5.10. The van der Waals surface area contributed by atoms with Gasteiger partial charge in [-0.25, -0.2) is 14.8 Å². The van der Waals surface area contributed by atoms with Crippen LogP contribution in [0.15, 0.2) is 48.7 Å². The molecule has 1 saturated heterocycles. The Morgan fingerprint density at radius 3 is 2.68 bits per heavy atom. The smallest absolute Gasteiger partial charge is 0.410 e.